The van der Waals surface area contributed by atoms with E-state index in [1.807, 2.05) is 13.8 Å². The molecule has 0 amide bonds. The second kappa shape index (κ2) is 2.94. The second-order valence-electron chi connectivity index (χ2n) is 3.73. The topological polar surface area (TPSA) is 0 Å². The van der Waals surface area contributed by atoms with Crippen molar-refractivity contribution in [2.45, 2.75) is 40.5 Å². The van der Waals surface area contributed by atoms with Crippen LogP contribution in [-0.4, -0.2) is 0 Å². The summed E-state index contributed by atoms with van der Waals surface area (Å²) in [6.07, 6.45) is 3.09. The highest BCUT2D eigenvalue weighted by Gasteiger charge is 2.47. The number of hydrogen-bond acceptors (Lipinski definition) is 0. The van der Waals surface area contributed by atoms with Crippen LogP contribution in [0.3, 0.4) is 0 Å². The first-order valence-corrected chi connectivity index (χ1v) is 4.79. The summed E-state index contributed by atoms with van der Waals surface area (Å²) in [5.41, 5.74) is 0. The standard InChI is InChI=1S/C8H14.C2H6/c1-5-3-7-4-8(5)6(7)2;1-2/h5-8H,3-4H2,1-2H3;1-2H3. The lowest BCUT2D eigenvalue weighted by Crippen LogP contribution is -2.25. The van der Waals surface area contributed by atoms with Gasteiger partial charge in [-0.15, -0.1) is 0 Å². The molecule has 0 saturated heterocycles. The molecular weight excluding hydrogens is 120 g/mol. The van der Waals surface area contributed by atoms with Gasteiger partial charge in [-0.05, 0) is 36.5 Å². The zero-order valence-electron chi connectivity index (χ0n) is 7.72. The van der Waals surface area contributed by atoms with Crippen molar-refractivity contribution in [1.82, 2.24) is 0 Å². The van der Waals surface area contributed by atoms with Crippen LogP contribution >= 0.6 is 0 Å². The Labute approximate surface area is 65.0 Å². The van der Waals surface area contributed by atoms with E-state index in [9.17, 15) is 0 Å². The number of fused-ring (bicyclic) bond motifs is 1. The van der Waals surface area contributed by atoms with Gasteiger partial charge in [0.05, 0.1) is 0 Å². The first-order chi connectivity index (χ1) is 4.79. The van der Waals surface area contributed by atoms with E-state index in [2.05, 4.69) is 13.8 Å². The average molecular weight is 140 g/mol. The molecule has 4 atom stereocenters. The summed E-state index contributed by atoms with van der Waals surface area (Å²) >= 11 is 0. The Morgan fingerprint density at radius 1 is 1.00 bits per heavy atom. The monoisotopic (exact) mass is 140 g/mol. The first-order valence-electron chi connectivity index (χ1n) is 4.79. The normalized spacial score (nSPS) is 49.2. The van der Waals surface area contributed by atoms with Crippen molar-refractivity contribution in [1.29, 1.82) is 0 Å². The Balaban J connectivity index is 0.000000231. The van der Waals surface area contributed by atoms with Gasteiger partial charge in [0.15, 0.2) is 0 Å². The Kier molecular flexibility index (Phi) is 2.38. The third kappa shape index (κ3) is 0.980. The van der Waals surface area contributed by atoms with Gasteiger partial charge in [0.1, 0.15) is 0 Å². The molecule has 0 aromatic heterocycles. The largest absolute Gasteiger partial charge is 0.0683 e. The molecule has 0 aromatic rings. The molecule has 0 heterocycles. The van der Waals surface area contributed by atoms with E-state index in [1.54, 1.807) is 6.42 Å². The molecule has 60 valence electrons. The molecule has 0 aromatic carbocycles. The molecule has 0 heteroatoms. The summed E-state index contributed by atoms with van der Waals surface area (Å²) in [6.45, 7) is 8.83. The van der Waals surface area contributed by atoms with E-state index >= 15 is 0 Å². The van der Waals surface area contributed by atoms with Crippen molar-refractivity contribution in [2.24, 2.45) is 23.7 Å². The molecule has 4 unspecified atom stereocenters. The Morgan fingerprint density at radius 2 is 1.60 bits per heavy atom. The Morgan fingerprint density at radius 3 is 1.70 bits per heavy atom. The minimum Gasteiger partial charge on any atom is -0.0683 e. The van der Waals surface area contributed by atoms with Crippen LogP contribution in [0.5, 0.6) is 0 Å². The van der Waals surface area contributed by atoms with E-state index in [1.165, 1.54) is 6.42 Å². The molecule has 0 radical (unpaired) electrons. The fourth-order valence-corrected chi connectivity index (χ4v) is 2.65. The minimum absolute atomic E-state index is 1.06. The molecule has 3 aliphatic carbocycles. The zero-order chi connectivity index (χ0) is 7.72. The summed E-state index contributed by atoms with van der Waals surface area (Å²) in [7, 11) is 0. The van der Waals surface area contributed by atoms with Crippen molar-refractivity contribution in [2.75, 3.05) is 0 Å². The maximum atomic E-state index is 2.42. The molecule has 2 bridgehead atoms. The summed E-state index contributed by atoms with van der Waals surface area (Å²) in [6, 6.07) is 0. The maximum Gasteiger partial charge on any atom is -0.0357 e. The second-order valence-corrected chi connectivity index (χ2v) is 3.73. The van der Waals surface area contributed by atoms with Crippen molar-refractivity contribution >= 4 is 0 Å². The van der Waals surface area contributed by atoms with Crippen LogP contribution in [0.15, 0.2) is 0 Å². The molecule has 0 nitrogen and oxygen atoms in total. The molecule has 0 spiro atoms. The molecule has 0 N–H and O–H groups in total. The van der Waals surface area contributed by atoms with Crippen LogP contribution in [0.25, 0.3) is 0 Å². The summed E-state index contributed by atoms with van der Waals surface area (Å²) in [5, 5.41) is 0. The average Bonchev–Trinajstić information content (AvgIpc) is 2.46. The van der Waals surface area contributed by atoms with E-state index in [4.69, 9.17) is 0 Å². The van der Waals surface area contributed by atoms with Crippen LogP contribution < -0.4 is 0 Å². The number of hydrogen-bond donors (Lipinski definition) is 0. The fourth-order valence-electron chi connectivity index (χ4n) is 2.65. The zero-order valence-corrected chi connectivity index (χ0v) is 7.72. The van der Waals surface area contributed by atoms with Gasteiger partial charge in [0, 0.05) is 0 Å². The fraction of sp³-hybridized carbons (Fsp3) is 1.00. The summed E-state index contributed by atoms with van der Waals surface area (Å²) < 4.78 is 0. The molecule has 3 saturated carbocycles. The van der Waals surface area contributed by atoms with E-state index in [0.717, 1.165) is 23.7 Å². The highest BCUT2D eigenvalue weighted by atomic mass is 14.5. The van der Waals surface area contributed by atoms with E-state index in [0.29, 0.717) is 0 Å². The molecule has 3 aliphatic rings. The van der Waals surface area contributed by atoms with Crippen LogP contribution in [0, 0.1) is 23.7 Å². The van der Waals surface area contributed by atoms with Crippen LogP contribution in [0.4, 0.5) is 0 Å². The summed E-state index contributed by atoms with van der Waals surface area (Å²) in [5.74, 6) is 4.41. The Bertz CT molecular complexity index is 103. The molecule has 3 rings (SSSR count). The van der Waals surface area contributed by atoms with Gasteiger partial charge in [-0.2, -0.15) is 0 Å². The van der Waals surface area contributed by atoms with Gasteiger partial charge >= 0.3 is 0 Å². The third-order valence-corrected chi connectivity index (χ3v) is 3.40. The molecular formula is C10H20. The quantitative estimate of drug-likeness (QED) is 0.484. The van der Waals surface area contributed by atoms with E-state index in [-0.39, 0.29) is 0 Å². The third-order valence-electron chi connectivity index (χ3n) is 3.40. The van der Waals surface area contributed by atoms with Crippen molar-refractivity contribution in [3.8, 4) is 0 Å². The number of rotatable bonds is 0. The smallest absolute Gasteiger partial charge is 0.0357 e. The minimum atomic E-state index is 1.06. The molecule has 0 aliphatic heterocycles. The lowest BCUT2D eigenvalue weighted by atomic mass is 9.72. The van der Waals surface area contributed by atoms with Crippen molar-refractivity contribution in [3.05, 3.63) is 0 Å². The van der Waals surface area contributed by atoms with E-state index < -0.39 is 0 Å². The molecule has 10 heavy (non-hydrogen) atoms. The molecule has 3 fully saturated rings. The Hall–Kier alpha value is 0. The van der Waals surface area contributed by atoms with Gasteiger partial charge < -0.3 is 0 Å². The van der Waals surface area contributed by atoms with Gasteiger partial charge in [0.25, 0.3) is 0 Å². The SMILES string of the molecule is CC.CC1CC2CC1C2C. The van der Waals surface area contributed by atoms with Crippen molar-refractivity contribution < 1.29 is 0 Å². The van der Waals surface area contributed by atoms with Crippen LogP contribution in [-0.2, 0) is 0 Å². The van der Waals surface area contributed by atoms with Crippen LogP contribution in [0.2, 0.25) is 0 Å². The van der Waals surface area contributed by atoms with Gasteiger partial charge in [-0.1, -0.05) is 27.7 Å². The van der Waals surface area contributed by atoms with Gasteiger partial charge in [-0.3, -0.25) is 0 Å². The van der Waals surface area contributed by atoms with Gasteiger partial charge in [-0.25, -0.2) is 0 Å². The van der Waals surface area contributed by atoms with Crippen LogP contribution in [0.1, 0.15) is 40.5 Å². The highest BCUT2D eigenvalue weighted by molar-refractivity contribution is 4.97. The predicted octanol–water partition coefficient (Wildman–Crippen LogP) is 3.32. The highest BCUT2D eigenvalue weighted by Crippen LogP contribution is 2.56. The predicted molar refractivity (Wildman–Crippen MR) is 45.9 cm³/mol. The lowest BCUT2D eigenvalue weighted by molar-refractivity contribution is 0.163. The van der Waals surface area contributed by atoms with Gasteiger partial charge in [0.2, 0.25) is 0 Å². The lowest BCUT2D eigenvalue weighted by Gasteiger charge is -2.33. The first kappa shape index (κ1) is 8.10. The van der Waals surface area contributed by atoms with Crippen molar-refractivity contribution in [3.63, 3.8) is 0 Å². The maximum absolute atomic E-state index is 2.42. The summed E-state index contributed by atoms with van der Waals surface area (Å²) in [4.78, 5) is 0.